The molecule has 4 nitrogen and oxygen atoms in total. The molecule has 0 bridgehead atoms. The monoisotopic (exact) mass is 383 g/mol. The molecule has 9 heteroatoms. The van der Waals surface area contributed by atoms with Crippen LogP contribution in [-0.2, 0) is 4.79 Å². The van der Waals surface area contributed by atoms with Crippen molar-refractivity contribution in [3.8, 4) is 6.07 Å². The zero-order chi connectivity index (χ0) is 20.5. The Morgan fingerprint density at radius 1 is 1.26 bits per heavy atom. The Hall–Kier alpha value is -2.08. The van der Waals surface area contributed by atoms with Crippen LogP contribution in [0.25, 0.3) is 0 Å². The zero-order valence-corrected chi connectivity index (χ0v) is 15.5. The lowest BCUT2D eigenvalue weighted by atomic mass is 9.93. The number of hydrogen-bond acceptors (Lipinski definition) is 3. The summed E-state index contributed by atoms with van der Waals surface area (Å²) < 4.78 is 55.1. The van der Waals surface area contributed by atoms with Gasteiger partial charge in [0.15, 0.2) is 0 Å². The highest BCUT2D eigenvalue weighted by Gasteiger charge is 2.48. The first-order valence-corrected chi connectivity index (χ1v) is 8.67. The Labute approximate surface area is 156 Å². The number of nitrogens with one attached hydrogen (secondary N) is 2. The number of nitrogens with zero attached hydrogens (tertiary/aromatic N) is 1. The first kappa shape index (κ1) is 21.2. The van der Waals surface area contributed by atoms with E-state index in [9.17, 15) is 22.4 Å². The minimum atomic E-state index is -4.68. The average Bonchev–Trinajstić information content (AvgIpc) is 3.30. The van der Waals surface area contributed by atoms with Gasteiger partial charge >= 0.3 is 6.18 Å². The third kappa shape index (κ3) is 5.96. The van der Waals surface area contributed by atoms with Crippen LogP contribution in [0.5, 0.6) is 0 Å². The van der Waals surface area contributed by atoms with Crippen LogP contribution in [0.15, 0.2) is 24.3 Å². The van der Waals surface area contributed by atoms with Gasteiger partial charge in [-0.05, 0) is 32.3 Å². The van der Waals surface area contributed by atoms with Crippen LogP contribution >= 0.6 is 0 Å². The Balaban J connectivity index is 2.28. The highest BCUT2D eigenvalue weighted by molar-refractivity contribution is 6.32. The Bertz CT molecular complexity index is 718. The lowest BCUT2D eigenvalue weighted by molar-refractivity contribution is -0.161. The van der Waals surface area contributed by atoms with Crippen molar-refractivity contribution in [1.82, 2.24) is 10.6 Å². The molecule has 1 fully saturated rings. The van der Waals surface area contributed by atoms with Crippen LogP contribution in [0.2, 0.25) is 0 Å². The number of carbonyl (C=O) groups excluding carboxylic acids is 1. The number of hydrogen-bond donors (Lipinski definition) is 2. The van der Waals surface area contributed by atoms with Crippen molar-refractivity contribution in [2.75, 3.05) is 0 Å². The SMILES string of the molecule is Bc1ccc([C@H](N[C@@H](CC(C)(C)F)C(=O)NC2(C#N)CC2)C(F)(F)F)cc1. The van der Waals surface area contributed by atoms with E-state index in [1.54, 1.807) is 20.0 Å². The van der Waals surface area contributed by atoms with E-state index in [0.29, 0.717) is 12.8 Å². The lowest BCUT2D eigenvalue weighted by Crippen LogP contribution is -2.53. The summed E-state index contributed by atoms with van der Waals surface area (Å²) in [6.07, 6.45) is -4.27. The maximum atomic E-state index is 14.2. The fraction of sp³-hybridized carbons (Fsp3) is 0.556. The topological polar surface area (TPSA) is 64.9 Å². The van der Waals surface area contributed by atoms with Crippen molar-refractivity contribution < 1.29 is 22.4 Å². The molecule has 0 saturated heterocycles. The van der Waals surface area contributed by atoms with Gasteiger partial charge in [0.1, 0.15) is 25.1 Å². The molecule has 1 aliphatic carbocycles. The predicted octanol–water partition coefficient (Wildman–Crippen LogP) is 1.82. The molecule has 146 valence electrons. The van der Waals surface area contributed by atoms with E-state index in [4.69, 9.17) is 5.26 Å². The molecule has 2 N–H and O–H groups in total. The molecule has 2 atom stereocenters. The number of benzene rings is 1. The quantitative estimate of drug-likeness (QED) is 0.558. The molecule has 0 radical (unpaired) electrons. The molecular weight excluding hydrogens is 361 g/mol. The molecule has 1 aromatic carbocycles. The first-order chi connectivity index (χ1) is 12.4. The number of nitriles is 1. The molecule has 1 saturated carbocycles. The molecule has 1 aromatic rings. The van der Waals surface area contributed by atoms with E-state index in [1.165, 1.54) is 26.0 Å². The number of rotatable bonds is 7. The molecule has 0 aromatic heterocycles. The second-order valence-electron chi connectivity index (χ2n) is 7.71. The molecule has 2 rings (SSSR count). The molecule has 1 aliphatic rings. The largest absolute Gasteiger partial charge is 0.407 e. The number of halogens is 4. The zero-order valence-electron chi connectivity index (χ0n) is 15.5. The second kappa shape index (κ2) is 7.51. The maximum Gasteiger partial charge on any atom is 0.407 e. The van der Waals surface area contributed by atoms with Crippen molar-refractivity contribution >= 4 is 19.2 Å². The summed E-state index contributed by atoms with van der Waals surface area (Å²) in [6.45, 7) is 2.39. The Kier molecular flexibility index (Phi) is 5.90. The highest BCUT2D eigenvalue weighted by atomic mass is 19.4. The molecule has 0 unspecified atom stereocenters. The molecule has 0 heterocycles. The van der Waals surface area contributed by atoms with Crippen LogP contribution < -0.4 is 16.1 Å². The van der Waals surface area contributed by atoms with E-state index < -0.39 is 41.8 Å². The fourth-order valence-corrected chi connectivity index (χ4v) is 2.77. The summed E-state index contributed by atoms with van der Waals surface area (Å²) in [5, 5.41) is 13.8. The van der Waals surface area contributed by atoms with Crippen molar-refractivity contribution in [2.45, 2.75) is 62.6 Å². The van der Waals surface area contributed by atoms with E-state index in [0.717, 1.165) is 5.46 Å². The Morgan fingerprint density at radius 2 is 1.81 bits per heavy atom. The van der Waals surface area contributed by atoms with Gasteiger partial charge in [0, 0.05) is 6.42 Å². The summed E-state index contributed by atoms with van der Waals surface area (Å²) in [4.78, 5) is 12.5. The summed E-state index contributed by atoms with van der Waals surface area (Å²) in [6, 6.07) is 4.11. The molecule has 0 aliphatic heterocycles. The van der Waals surface area contributed by atoms with E-state index in [-0.39, 0.29) is 5.56 Å². The van der Waals surface area contributed by atoms with Gasteiger partial charge in [-0.3, -0.25) is 10.1 Å². The van der Waals surface area contributed by atoms with Gasteiger partial charge in [0.2, 0.25) is 5.91 Å². The van der Waals surface area contributed by atoms with E-state index in [1.807, 2.05) is 6.07 Å². The number of carbonyl (C=O) groups is 1. The maximum absolute atomic E-state index is 14.2. The summed E-state index contributed by atoms with van der Waals surface area (Å²) in [7, 11) is 1.75. The van der Waals surface area contributed by atoms with Crippen LogP contribution in [-0.4, -0.2) is 37.2 Å². The van der Waals surface area contributed by atoms with Crippen LogP contribution in [0.1, 0.15) is 44.7 Å². The van der Waals surface area contributed by atoms with Gasteiger partial charge in [-0.25, -0.2) is 4.39 Å². The van der Waals surface area contributed by atoms with Gasteiger partial charge in [0.05, 0.1) is 12.1 Å². The van der Waals surface area contributed by atoms with E-state index in [2.05, 4.69) is 10.6 Å². The first-order valence-electron chi connectivity index (χ1n) is 8.67. The lowest BCUT2D eigenvalue weighted by Gasteiger charge is -2.30. The minimum Gasteiger partial charge on any atom is -0.336 e. The normalized spacial score (nSPS) is 18.3. The summed E-state index contributed by atoms with van der Waals surface area (Å²) in [5.41, 5.74) is -2.19. The predicted molar refractivity (Wildman–Crippen MR) is 95.9 cm³/mol. The van der Waals surface area contributed by atoms with Gasteiger partial charge < -0.3 is 5.32 Å². The third-order valence-electron chi connectivity index (χ3n) is 4.44. The van der Waals surface area contributed by atoms with Crippen molar-refractivity contribution in [3.63, 3.8) is 0 Å². The molecule has 0 spiro atoms. The smallest absolute Gasteiger partial charge is 0.336 e. The average molecular weight is 383 g/mol. The summed E-state index contributed by atoms with van der Waals surface area (Å²) >= 11 is 0. The van der Waals surface area contributed by atoms with Crippen molar-refractivity contribution in [3.05, 3.63) is 29.8 Å². The van der Waals surface area contributed by atoms with Gasteiger partial charge in [-0.2, -0.15) is 18.4 Å². The van der Waals surface area contributed by atoms with Crippen LogP contribution in [0.3, 0.4) is 0 Å². The van der Waals surface area contributed by atoms with Crippen LogP contribution in [0.4, 0.5) is 17.6 Å². The molecule has 27 heavy (non-hydrogen) atoms. The standard InChI is InChI=1S/C18H22BF4N3O/c1-16(2,20)9-13(15(27)26-17(10-24)7-8-17)25-14(18(21,22)23)11-3-5-12(19)6-4-11/h3-6,13-14,25H,7-9,19H2,1-2H3,(H,26,27)/t13-,14-/m0/s1. The van der Waals surface area contributed by atoms with Crippen molar-refractivity contribution in [2.24, 2.45) is 0 Å². The third-order valence-corrected chi connectivity index (χ3v) is 4.44. The number of amides is 1. The van der Waals surface area contributed by atoms with Gasteiger partial charge in [0.25, 0.3) is 0 Å². The minimum absolute atomic E-state index is 0.0658. The van der Waals surface area contributed by atoms with Crippen LogP contribution in [0, 0.1) is 11.3 Å². The van der Waals surface area contributed by atoms with Gasteiger partial charge in [-0.1, -0.05) is 29.7 Å². The Morgan fingerprint density at radius 3 is 2.22 bits per heavy atom. The fourth-order valence-electron chi connectivity index (χ4n) is 2.77. The number of alkyl halides is 4. The van der Waals surface area contributed by atoms with Gasteiger partial charge in [-0.15, -0.1) is 0 Å². The summed E-state index contributed by atoms with van der Waals surface area (Å²) in [5.74, 6) is -0.805. The highest BCUT2D eigenvalue weighted by Crippen LogP contribution is 2.36. The molecule has 1 amide bonds. The second-order valence-corrected chi connectivity index (χ2v) is 7.71. The van der Waals surface area contributed by atoms with Crippen molar-refractivity contribution in [1.29, 1.82) is 5.26 Å². The van der Waals surface area contributed by atoms with E-state index >= 15 is 0 Å². The molecular formula is C18H22BF4N3O.